The zero-order valence-electron chi connectivity index (χ0n) is 9.47. The molecule has 1 aromatic carbocycles. The van der Waals surface area contributed by atoms with E-state index in [0.29, 0.717) is 16.1 Å². The van der Waals surface area contributed by atoms with Crippen molar-refractivity contribution >= 4 is 44.8 Å². The molecule has 2 atom stereocenters. The predicted octanol–water partition coefficient (Wildman–Crippen LogP) is 4.74. The maximum absolute atomic E-state index is 6.13. The molecule has 1 saturated heterocycles. The second kappa shape index (κ2) is 5.79. The van der Waals surface area contributed by atoms with Crippen molar-refractivity contribution < 1.29 is 4.74 Å². The molecule has 0 aliphatic carbocycles. The molecule has 1 fully saturated rings. The highest BCUT2D eigenvalue weighted by Crippen LogP contribution is 2.34. The lowest BCUT2D eigenvalue weighted by atomic mass is 10.2. The summed E-state index contributed by atoms with van der Waals surface area (Å²) >= 11 is 15.6. The van der Waals surface area contributed by atoms with Crippen LogP contribution in [0.15, 0.2) is 16.6 Å². The van der Waals surface area contributed by atoms with Gasteiger partial charge in [0.05, 0.1) is 27.9 Å². The Labute approximate surface area is 120 Å². The Balaban J connectivity index is 1.99. The lowest BCUT2D eigenvalue weighted by Crippen LogP contribution is -2.20. The molecule has 2 nitrogen and oxygen atoms in total. The van der Waals surface area contributed by atoms with Crippen LogP contribution in [-0.4, -0.2) is 18.8 Å². The molecule has 94 valence electrons. The van der Waals surface area contributed by atoms with Crippen molar-refractivity contribution in [3.05, 3.63) is 26.7 Å². The van der Waals surface area contributed by atoms with E-state index in [4.69, 9.17) is 27.9 Å². The van der Waals surface area contributed by atoms with Gasteiger partial charge in [0, 0.05) is 11.0 Å². The lowest BCUT2D eigenvalue weighted by molar-refractivity contribution is 0.0637. The van der Waals surface area contributed by atoms with Gasteiger partial charge in [-0.25, -0.2) is 0 Å². The van der Waals surface area contributed by atoms with Crippen LogP contribution in [0, 0.1) is 0 Å². The number of nitrogens with one attached hydrogen (secondary N) is 1. The Bertz CT molecular complexity index is 390. The summed E-state index contributed by atoms with van der Waals surface area (Å²) in [6.07, 6.45) is 2.81. The highest BCUT2D eigenvalue weighted by Gasteiger charge is 2.21. The van der Waals surface area contributed by atoms with E-state index >= 15 is 0 Å². The normalized spacial score (nSPS) is 24.0. The minimum atomic E-state index is 0.251. The van der Waals surface area contributed by atoms with Crippen LogP contribution in [-0.2, 0) is 4.74 Å². The van der Waals surface area contributed by atoms with Gasteiger partial charge in [-0.1, -0.05) is 39.1 Å². The van der Waals surface area contributed by atoms with Crippen molar-refractivity contribution in [3.63, 3.8) is 0 Å². The first-order valence-corrected chi connectivity index (χ1v) is 7.15. The molecule has 1 aromatic rings. The number of hydrogen-bond donors (Lipinski definition) is 1. The monoisotopic (exact) mass is 337 g/mol. The molecular formula is C12H14BrCl2NO. The first kappa shape index (κ1) is 13.5. The van der Waals surface area contributed by atoms with E-state index in [1.54, 1.807) is 0 Å². The van der Waals surface area contributed by atoms with Gasteiger partial charge in [-0.15, -0.1) is 0 Å². The molecule has 2 rings (SSSR count). The van der Waals surface area contributed by atoms with Gasteiger partial charge >= 0.3 is 0 Å². The van der Waals surface area contributed by atoms with E-state index in [9.17, 15) is 0 Å². The average Bonchev–Trinajstić information content (AvgIpc) is 2.62. The molecule has 17 heavy (non-hydrogen) atoms. The molecule has 0 saturated carbocycles. The predicted molar refractivity (Wildman–Crippen MR) is 76.2 cm³/mol. The van der Waals surface area contributed by atoms with Crippen molar-refractivity contribution in [2.45, 2.75) is 32.0 Å². The van der Waals surface area contributed by atoms with Crippen molar-refractivity contribution in [1.82, 2.24) is 0 Å². The lowest BCUT2D eigenvalue weighted by Gasteiger charge is -2.15. The molecule has 0 radical (unpaired) electrons. The third kappa shape index (κ3) is 3.50. The first-order chi connectivity index (χ1) is 8.06. The smallest absolute Gasteiger partial charge is 0.0751 e. The molecule has 0 bridgehead atoms. The number of hydrogen-bond acceptors (Lipinski definition) is 2. The van der Waals surface area contributed by atoms with Crippen LogP contribution in [0.2, 0.25) is 10.0 Å². The van der Waals surface area contributed by atoms with Crippen molar-refractivity contribution in [1.29, 1.82) is 0 Å². The third-order valence-electron chi connectivity index (χ3n) is 2.83. The Kier molecular flexibility index (Phi) is 4.59. The van der Waals surface area contributed by atoms with E-state index in [1.165, 1.54) is 0 Å². The molecule has 0 amide bonds. The SMILES string of the molecule is CC1CCC(CNc2c(Cl)cc(Br)cc2Cl)O1. The van der Waals surface area contributed by atoms with Crippen molar-refractivity contribution in [2.75, 3.05) is 11.9 Å². The largest absolute Gasteiger partial charge is 0.380 e. The number of halogens is 3. The first-order valence-electron chi connectivity index (χ1n) is 5.60. The van der Waals surface area contributed by atoms with Crippen LogP contribution in [0.5, 0.6) is 0 Å². The zero-order chi connectivity index (χ0) is 12.4. The summed E-state index contributed by atoms with van der Waals surface area (Å²) in [6, 6.07) is 3.65. The minimum absolute atomic E-state index is 0.251. The standard InChI is InChI=1S/C12H14BrCl2NO/c1-7-2-3-9(17-7)6-16-12-10(14)4-8(13)5-11(12)15/h4-5,7,9,16H,2-3,6H2,1H3. The number of anilines is 1. The minimum Gasteiger partial charge on any atom is -0.380 e. The second-order valence-corrected chi connectivity index (χ2v) is 6.00. The van der Waals surface area contributed by atoms with Gasteiger partial charge in [0.15, 0.2) is 0 Å². The van der Waals surface area contributed by atoms with Gasteiger partial charge in [-0.05, 0) is 31.9 Å². The highest BCUT2D eigenvalue weighted by molar-refractivity contribution is 9.10. The molecule has 0 spiro atoms. The fraction of sp³-hybridized carbons (Fsp3) is 0.500. The molecule has 1 aliphatic heterocycles. The van der Waals surface area contributed by atoms with Crippen molar-refractivity contribution in [3.8, 4) is 0 Å². The molecule has 1 heterocycles. The molecule has 1 aliphatic rings. The Hall–Kier alpha value is 0.0400. The summed E-state index contributed by atoms with van der Waals surface area (Å²) in [6.45, 7) is 2.84. The maximum Gasteiger partial charge on any atom is 0.0751 e. The molecule has 2 unspecified atom stereocenters. The van der Waals surface area contributed by atoms with Crippen LogP contribution >= 0.6 is 39.1 Å². The van der Waals surface area contributed by atoms with Gasteiger partial charge < -0.3 is 10.1 Å². The van der Waals surface area contributed by atoms with Crippen LogP contribution in [0.1, 0.15) is 19.8 Å². The Morgan fingerprint density at radius 1 is 1.35 bits per heavy atom. The second-order valence-electron chi connectivity index (χ2n) is 4.27. The maximum atomic E-state index is 6.13. The summed E-state index contributed by atoms with van der Waals surface area (Å²) in [5.74, 6) is 0. The van der Waals surface area contributed by atoms with Gasteiger partial charge in [0.2, 0.25) is 0 Å². The quantitative estimate of drug-likeness (QED) is 0.859. The van der Waals surface area contributed by atoms with Gasteiger partial charge in [-0.2, -0.15) is 0 Å². The van der Waals surface area contributed by atoms with E-state index in [-0.39, 0.29) is 6.10 Å². The molecule has 1 N–H and O–H groups in total. The van der Waals surface area contributed by atoms with Crippen molar-refractivity contribution in [2.24, 2.45) is 0 Å². The molecule has 5 heteroatoms. The highest BCUT2D eigenvalue weighted by atomic mass is 79.9. The number of rotatable bonds is 3. The third-order valence-corrected chi connectivity index (χ3v) is 3.89. The Morgan fingerprint density at radius 2 is 2.00 bits per heavy atom. The summed E-state index contributed by atoms with van der Waals surface area (Å²) in [5.41, 5.74) is 0.777. The number of benzene rings is 1. The van der Waals surface area contributed by atoms with E-state index < -0.39 is 0 Å². The van der Waals surface area contributed by atoms with E-state index in [0.717, 1.165) is 29.5 Å². The van der Waals surface area contributed by atoms with Crippen LogP contribution in [0.3, 0.4) is 0 Å². The fourth-order valence-corrected chi connectivity index (χ4v) is 3.30. The Morgan fingerprint density at radius 3 is 2.53 bits per heavy atom. The summed E-state index contributed by atoms with van der Waals surface area (Å²) in [7, 11) is 0. The molecular weight excluding hydrogens is 325 g/mol. The number of ether oxygens (including phenoxy) is 1. The molecule has 0 aromatic heterocycles. The topological polar surface area (TPSA) is 21.3 Å². The van der Waals surface area contributed by atoms with Crippen LogP contribution < -0.4 is 5.32 Å². The zero-order valence-corrected chi connectivity index (χ0v) is 12.6. The van der Waals surface area contributed by atoms with Gasteiger partial charge in [0.25, 0.3) is 0 Å². The average molecular weight is 339 g/mol. The summed E-state index contributed by atoms with van der Waals surface area (Å²) < 4.78 is 6.61. The fourth-order valence-electron chi connectivity index (χ4n) is 1.96. The van der Waals surface area contributed by atoms with Crippen LogP contribution in [0.25, 0.3) is 0 Å². The van der Waals surface area contributed by atoms with Gasteiger partial charge in [0.1, 0.15) is 0 Å². The van der Waals surface area contributed by atoms with Crippen LogP contribution in [0.4, 0.5) is 5.69 Å². The van der Waals surface area contributed by atoms with E-state index in [2.05, 4.69) is 28.2 Å². The van der Waals surface area contributed by atoms with E-state index in [1.807, 2.05) is 12.1 Å². The van der Waals surface area contributed by atoms with Gasteiger partial charge in [-0.3, -0.25) is 0 Å². The summed E-state index contributed by atoms with van der Waals surface area (Å²) in [4.78, 5) is 0. The summed E-state index contributed by atoms with van der Waals surface area (Å²) in [5, 5.41) is 4.50.